The average Bonchev–Trinajstić information content (AvgIpc) is 2.85. The Kier molecular flexibility index (Phi) is 5.68. The van der Waals surface area contributed by atoms with Crippen LogP contribution >= 0.6 is 22.9 Å². The highest BCUT2D eigenvalue weighted by molar-refractivity contribution is 7.14. The average molecular weight is 324 g/mol. The van der Waals surface area contributed by atoms with Crippen LogP contribution in [0, 0.1) is 0 Å². The molecular formula is C17H22ClNOS. The van der Waals surface area contributed by atoms with Crippen LogP contribution in [0.2, 0.25) is 4.34 Å². The molecule has 4 heteroatoms. The van der Waals surface area contributed by atoms with Crippen molar-refractivity contribution < 1.29 is 4.74 Å². The van der Waals surface area contributed by atoms with Crippen LogP contribution in [0.3, 0.4) is 0 Å². The third-order valence-corrected chi connectivity index (χ3v) is 4.45. The first kappa shape index (κ1) is 16.3. The first-order valence-corrected chi connectivity index (χ1v) is 8.48. The van der Waals surface area contributed by atoms with Crippen molar-refractivity contribution in [2.24, 2.45) is 0 Å². The van der Waals surface area contributed by atoms with Gasteiger partial charge in [0.2, 0.25) is 0 Å². The molecule has 114 valence electrons. The van der Waals surface area contributed by atoms with Crippen LogP contribution in [0.25, 0.3) is 0 Å². The number of thiophene rings is 1. The molecule has 0 spiro atoms. The van der Waals surface area contributed by atoms with Crippen molar-refractivity contribution in [3.63, 3.8) is 0 Å². The largest absolute Gasteiger partial charge is 0.491 e. The molecule has 0 amide bonds. The van der Waals surface area contributed by atoms with E-state index in [4.69, 9.17) is 16.3 Å². The summed E-state index contributed by atoms with van der Waals surface area (Å²) in [6, 6.07) is 10.9. The normalized spacial score (nSPS) is 14.2. The van der Waals surface area contributed by atoms with E-state index in [0.717, 1.165) is 10.1 Å². The zero-order chi connectivity index (χ0) is 15.4. The highest BCUT2D eigenvalue weighted by Gasteiger charge is 2.12. The quantitative estimate of drug-likeness (QED) is 0.747. The lowest BCUT2D eigenvalue weighted by atomic mass is 10.1. The van der Waals surface area contributed by atoms with Crippen LogP contribution in [-0.4, -0.2) is 6.10 Å². The van der Waals surface area contributed by atoms with Gasteiger partial charge in [0, 0.05) is 12.1 Å². The Morgan fingerprint density at radius 3 is 2.14 bits per heavy atom. The summed E-state index contributed by atoms with van der Waals surface area (Å²) in [4.78, 5) is 0. The van der Waals surface area contributed by atoms with Crippen LogP contribution in [0.15, 0.2) is 35.7 Å². The Labute approximate surface area is 136 Å². The zero-order valence-corrected chi connectivity index (χ0v) is 14.5. The second-order valence-corrected chi connectivity index (χ2v) is 7.07. The van der Waals surface area contributed by atoms with E-state index in [2.05, 4.69) is 36.7 Å². The predicted octanol–water partition coefficient (Wildman–Crippen LogP) is 5.60. The van der Waals surface area contributed by atoms with Gasteiger partial charge in [0.1, 0.15) is 5.75 Å². The van der Waals surface area contributed by atoms with Gasteiger partial charge in [0.05, 0.1) is 10.4 Å². The van der Waals surface area contributed by atoms with E-state index in [0.29, 0.717) is 0 Å². The predicted molar refractivity (Wildman–Crippen MR) is 91.5 cm³/mol. The zero-order valence-electron chi connectivity index (χ0n) is 12.9. The molecule has 1 heterocycles. The van der Waals surface area contributed by atoms with Crippen LogP contribution in [0.4, 0.5) is 0 Å². The molecule has 0 saturated heterocycles. The van der Waals surface area contributed by atoms with E-state index in [1.807, 2.05) is 32.0 Å². The monoisotopic (exact) mass is 323 g/mol. The lowest BCUT2D eigenvalue weighted by molar-refractivity contribution is 0.242. The second kappa shape index (κ2) is 7.30. The first-order chi connectivity index (χ1) is 9.95. The molecule has 0 aliphatic heterocycles. The van der Waals surface area contributed by atoms with E-state index in [-0.39, 0.29) is 18.2 Å². The molecule has 1 aromatic heterocycles. The summed E-state index contributed by atoms with van der Waals surface area (Å²) in [7, 11) is 0. The molecule has 2 rings (SSSR count). The molecule has 2 aromatic rings. The van der Waals surface area contributed by atoms with Gasteiger partial charge in [-0.3, -0.25) is 0 Å². The smallest absolute Gasteiger partial charge is 0.119 e. The molecule has 0 bridgehead atoms. The molecule has 0 aliphatic rings. The number of nitrogens with one attached hydrogen (secondary N) is 1. The minimum absolute atomic E-state index is 0.203. The molecule has 2 atom stereocenters. The number of halogens is 1. The minimum Gasteiger partial charge on any atom is -0.491 e. The lowest BCUT2D eigenvalue weighted by Crippen LogP contribution is -2.22. The Bertz CT molecular complexity index is 564. The molecule has 1 N–H and O–H groups in total. The van der Waals surface area contributed by atoms with Gasteiger partial charge in [-0.25, -0.2) is 0 Å². The number of ether oxygens (including phenoxy) is 1. The summed E-state index contributed by atoms with van der Waals surface area (Å²) in [5, 5.41) is 5.70. The van der Waals surface area contributed by atoms with Gasteiger partial charge in [0.25, 0.3) is 0 Å². The standard InChI is InChI=1S/C17H22ClNOS/c1-11(2)20-16-7-5-14(6-8-16)12(3)19-13(4)15-9-17(18)21-10-15/h5-13,19H,1-4H3. The maximum absolute atomic E-state index is 5.99. The van der Waals surface area contributed by atoms with Gasteiger partial charge in [0.15, 0.2) is 0 Å². The number of hydrogen-bond acceptors (Lipinski definition) is 3. The Hall–Kier alpha value is -1.03. The third-order valence-electron chi connectivity index (χ3n) is 3.34. The van der Waals surface area contributed by atoms with Gasteiger partial charge in [-0.2, -0.15) is 0 Å². The van der Waals surface area contributed by atoms with Crippen LogP contribution in [-0.2, 0) is 0 Å². The maximum atomic E-state index is 5.99. The first-order valence-electron chi connectivity index (χ1n) is 7.22. The van der Waals surface area contributed by atoms with Crippen LogP contribution in [0.5, 0.6) is 5.75 Å². The summed E-state index contributed by atoms with van der Waals surface area (Å²) < 4.78 is 6.50. The number of hydrogen-bond donors (Lipinski definition) is 1. The van der Waals surface area contributed by atoms with Crippen molar-refractivity contribution >= 4 is 22.9 Å². The molecule has 2 nitrogen and oxygen atoms in total. The van der Waals surface area contributed by atoms with Gasteiger partial charge < -0.3 is 10.1 Å². The van der Waals surface area contributed by atoms with Gasteiger partial charge in [-0.15, -0.1) is 11.3 Å². The molecule has 0 fully saturated rings. The van der Waals surface area contributed by atoms with Gasteiger partial charge in [-0.1, -0.05) is 23.7 Å². The van der Waals surface area contributed by atoms with Crippen molar-refractivity contribution in [2.45, 2.75) is 45.9 Å². The third kappa shape index (κ3) is 4.73. The fourth-order valence-corrected chi connectivity index (χ4v) is 3.21. The number of rotatable bonds is 6. The van der Waals surface area contributed by atoms with E-state index in [1.54, 1.807) is 11.3 Å². The summed E-state index contributed by atoms with van der Waals surface area (Å²) in [5.41, 5.74) is 2.48. The van der Waals surface area contributed by atoms with Crippen molar-refractivity contribution in [3.05, 3.63) is 51.2 Å². The Morgan fingerprint density at radius 2 is 1.62 bits per heavy atom. The molecule has 21 heavy (non-hydrogen) atoms. The summed E-state index contributed by atoms with van der Waals surface area (Å²) in [6.07, 6.45) is 0.203. The topological polar surface area (TPSA) is 21.3 Å². The van der Waals surface area contributed by atoms with E-state index >= 15 is 0 Å². The van der Waals surface area contributed by atoms with Crippen LogP contribution in [0.1, 0.15) is 50.9 Å². The van der Waals surface area contributed by atoms with Crippen molar-refractivity contribution in [1.29, 1.82) is 0 Å². The highest BCUT2D eigenvalue weighted by Crippen LogP contribution is 2.27. The van der Waals surface area contributed by atoms with Crippen molar-refractivity contribution in [3.8, 4) is 5.75 Å². The fourth-order valence-electron chi connectivity index (χ4n) is 2.23. The van der Waals surface area contributed by atoms with Gasteiger partial charge >= 0.3 is 0 Å². The fraction of sp³-hybridized carbons (Fsp3) is 0.412. The second-order valence-electron chi connectivity index (χ2n) is 5.53. The SMILES string of the molecule is CC(C)Oc1ccc(C(C)NC(C)c2csc(Cl)c2)cc1. The summed E-state index contributed by atoms with van der Waals surface area (Å²) in [5.74, 6) is 0.915. The Balaban J connectivity index is 1.98. The highest BCUT2D eigenvalue weighted by atomic mass is 35.5. The maximum Gasteiger partial charge on any atom is 0.119 e. The lowest BCUT2D eigenvalue weighted by Gasteiger charge is -2.20. The Morgan fingerprint density at radius 1 is 1.00 bits per heavy atom. The molecule has 2 unspecified atom stereocenters. The molecule has 1 aromatic carbocycles. The molecule has 0 aliphatic carbocycles. The van der Waals surface area contributed by atoms with E-state index < -0.39 is 0 Å². The molecule has 0 radical (unpaired) electrons. The van der Waals surface area contributed by atoms with Crippen molar-refractivity contribution in [2.75, 3.05) is 0 Å². The summed E-state index contributed by atoms with van der Waals surface area (Å²) >= 11 is 7.57. The minimum atomic E-state index is 0.203. The van der Waals surface area contributed by atoms with E-state index in [9.17, 15) is 0 Å². The molecule has 0 saturated carbocycles. The van der Waals surface area contributed by atoms with E-state index in [1.165, 1.54) is 11.1 Å². The summed E-state index contributed by atoms with van der Waals surface area (Å²) in [6.45, 7) is 8.39. The van der Waals surface area contributed by atoms with Gasteiger partial charge in [-0.05, 0) is 62.4 Å². The molecular weight excluding hydrogens is 302 g/mol. The van der Waals surface area contributed by atoms with Crippen LogP contribution < -0.4 is 10.1 Å². The number of benzene rings is 1. The van der Waals surface area contributed by atoms with Crippen molar-refractivity contribution in [1.82, 2.24) is 5.32 Å².